The molecule has 1 amide bonds. The third-order valence-corrected chi connectivity index (χ3v) is 6.34. The lowest BCUT2D eigenvalue weighted by atomic mass is 9.79. The van der Waals surface area contributed by atoms with Gasteiger partial charge in [0.1, 0.15) is 0 Å². The Morgan fingerprint density at radius 2 is 1.68 bits per heavy atom. The van der Waals surface area contributed by atoms with Gasteiger partial charge in [0.15, 0.2) is 0 Å². The Balaban J connectivity index is 1.33. The Morgan fingerprint density at radius 1 is 0.964 bits per heavy atom. The van der Waals surface area contributed by atoms with E-state index < -0.39 is 0 Å². The van der Waals surface area contributed by atoms with Crippen molar-refractivity contribution in [3.8, 4) is 0 Å². The molecule has 0 unspecified atom stereocenters. The quantitative estimate of drug-likeness (QED) is 0.743. The van der Waals surface area contributed by atoms with Crippen molar-refractivity contribution in [2.75, 3.05) is 11.4 Å². The first kappa shape index (κ1) is 17.2. The van der Waals surface area contributed by atoms with E-state index in [9.17, 15) is 9.59 Å². The summed E-state index contributed by atoms with van der Waals surface area (Å²) in [5, 5.41) is 8.66. The van der Waals surface area contributed by atoms with Crippen molar-refractivity contribution in [3.63, 3.8) is 0 Å². The average Bonchev–Trinajstić information content (AvgIpc) is 3.18. The van der Waals surface area contributed by atoms with Crippen molar-refractivity contribution < 1.29 is 4.79 Å². The number of para-hydroxylation sites is 1. The summed E-state index contributed by atoms with van der Waals surface area (Å²) in [5.74, 6) is 0.635. The molecule has 5 heteroatoms. The van der Waals surface area contributed by atoms with Crippen LogP contribution in [-0.4, -0.2) is 22.6 Å². The monoisotopic (exact) mass is 373 g/mol. The van der Waals surface area contributed by atoms with Crippen LogP contribution in [0.3, 0.4) is 0 Å². The smallest absolute Gasteiger partial charge is 0.272 e. The summed E-state index contributed by atoms with van der Waals surface area (Å²) in [7, 11) is 0. The Kier molecular flexibility index (Phi) is 4.23. The van der Waals surface area contributed by atoms with E-state index in [-0.39, 0.29) is 23.3 Å². The molecule has 1 aliphatic carbocycles. The number of nitrogens with zero attached hydrogens (tertiary/aromatic N) is 2. The maximum atomic E-state index is 13.1. The molecular weight excluding hydrogens is 350 g/mol. The van der Waals surface area contributed by atoms with E-state index in [4.69, 9.17) is 0 Å². The van der Waals surface area contributed by atoms with Crippen molar-refractivity contribution >= 4 is 22.4 Å². The number of hydrogen-bond acceptors (Lipinski definition) is 3. The van der Waals surface area contributed by atoms with Crippen LogP contribution in [-0.2, 0) is 11.2 Å². The van der Waals surface area contributed by atoms with Crippen LogP contribution in [0, 0.1) is 5.92 Å². The predicted octanol–water partition coefficient (Wildman–Crippen LogP) is 3.79. The molecule has 5 nitrogen and oxygen atoms in total. The summed E-state index contributed by atoms with van der Waals surface area (Å²) in [4.78, 5) is 27.1. The molecule has 2 heterocycles. The highest BCUT2D eigenvalue weighted by molar-refractivity contribution is 5.97. The van der Waals surface area contributed by atoms with E-state index in [1.165, 1.54) is 5.56 Å². The third kappa shape index (κ3) is 2.82. The molecule has 142 valence electrons. The molecule has 0 spiro atoms. The van der Waals surface area contributed by atoms with Crippen LogP contribution < -0.4 is 10.5 Å². The van der Waals surface area contributed by atoms with Crippen LogP contribution in [0.5, 0.6) is 0 Å². The van der Waals surface area contributed by atoms with E-state index in [1.807, 2.05) is 41.3 Å². The zero-order valence-corrected chi connectivity index (χ0v) is 15.7. The standard InChI is InChI=1S/C23H23N3O2/c27-22-19-7-3-2-6-18(19)21(24-25-22)16-9-11-17(12-10-16)23(28)26-14-13-15-5-1-4-8-20(15)26/h1-8,16-17H,9-14H2,(H,25,27). The predicted molar refractivity (Wildman–Crippen MR) is 110 cm³/mol. The van der Waals surface area contributed by atoms with Crippen LogP contribution in [0.4, 0.5) is 5.69 Å². The molecule has 1 fully saturated rings. The molecule has 1 aromatic heterocycles. The number of carbonyl (C=O) groups is 1. The van der Waals surface area contributed by atoms with Crippen molar-refractivity contribution in [2.45, 2.75) is 38.0 Å². The first-order chi connectivity index (χ1) is 13.7. The number of aromatic nitrogens is 2. The molecule has 0 bridgehead atoms. The van der Waals surface area contributed by atoms with Crippen molar-refractivity contribution in [1.29, 1.82) is 0 Å². The first-order valence-corrected chi connectivity index (χ1v) is 10.1. The maximum absolute atomic E-state index is 13.1. The molecule has 0 saturated heterocycles. The van der Waals surface area contributed by atoms with Crippen molar-refractivity contribution in [3.05, 3.63) is 70.1 Å². The lowest BCUT2D eigenvalue weighted by Gasteiger charge is -2.30. The minimum absolute atomic E-state index is 0.0800. The number of H-pyrrole nitrogens is 1. The Bertz CT molecular complexity index is 1100. The second-order valence-electron chi connectivity index (χ2n) is 7.90. The summed E-state index contributed by atoms with van der Waals surface area (Å²) in [6.07, 6.45) is 4.54. The number of carbonyl (C=O) groups excluding carboxylic acids is 1. The van der Waals surface area contributed by atoms with Gasteiger partial charge in [-0.3, -0.25) is 9.59 Å². The molecule has 2 aliphatic rings. The van der Waals surface area contributed by atoms with E-state index in [2.05, 4.69) is 22.3 Å². The fourth-order valence-electron chi connectivity index (χ4n) is 4.85. The number of fused-ring (bicyclic) bond motifs is 2. The highest BCUT2D eigenvalue weighted by Gasteiger charge is 2.34. The highest BCUT2D eigenvalue weighted by Crippen LogP contribution is 2.39. The molecule has 3 aromatic rings. The fourth-order valence-corrected chi connectivity index (χ4v) is 4.85. The van der Waals surface area contributed by atoms with Crippen LogP contribution in [0.1, 0.15) is 42.9 Å². The topological polar surface area (TPSA) is 66.1 Å². The van der Waals surface area contributed by atoms with Gasteiger partial charge in [-0.25, -0.2) is 5.10 Å². The normalized spacial score (nSPS) is 21.6. The average molecular weight is 373 g/mol. The molecule has 1 N–H and O–H groups in total. The fraction of sp³-hybridized carbons (Fsp3) is 0.348. The summed E-state index contributed by atoms with van der Waals surface area (Å²) >= 11 is 0. The van der Waals surface area contributed by atoms with E-state index in [1.54, 1.807) is 0 Å². The van der Waals surface area contributed by atoms with Crippen LogP contribution in [0.25, 0.3) is 10.8 Å². The Labute approximate surface area is 163 Å². The molecule has 0 radical (unpaired) electrons. The first-order valence-electron chi connectivity index (χ1n) is 10.1. The molecule has 1 saturated carbocycles. The van der Waals surface area contributed by atoms with Gasteiger partial charge in [-0.05, 0) is 49.8 Å². The molecule has 2 aromatic carbocycles. The second kappa shape index (κ2) is 6.89. The van der Waals surface area contributed by atoms with Gasteiger partial charge in [0.25, 0.3) is 5.56 Å². The third-order valence-electron chi connectivity index (χ3n) is 6.34. The van der Waals surface area contributed by atoms with Gasteiger partial charge in [-0.2, -0.15) is 5.10 Å². The Hall–Kier alpha value is -2.95. The largest absolute Gasteiger partial charge is 0.312 e. The minimum Gasteiger partial charge on any atom is -0.312 e. The Morgan fingerprint density at radius 3 is 2.50 bits per heavy atom. The summed E-state index contributed by atoms with van der Waals surface area (Å²) in [5.41, 5.74) is 3.18. The lowest BCUT2D eigenvalue weighted by molar-refractivity contribution is -0.123. The van der Waals surface area contributed by atoms with E-state index >= 15 is 0 Å². The number of nitrogens with one attached hydrogen (secondary N) is 1. The molecule has 28 heavy (non-hydrogen) atoms. The SMILES string of the molecule is O=C(C1CCC(c2n[nH]c(=O)c3ccccc23)CC1)N1CCc2ccccc21. The number of rotatable bonds is 2. The van der Waals surface area contributed by atoms with E-state index in [0.29, 0.717) is 5.39 Å². The van der Waals surface area contributed by atoms with Gasteiger partial charge in [-0.1, -0.05) is 36.4 Å². The maximum Gasteiger partial charge on any atom is 0.272 e. The molecular formula is C23H23N3O2. The summed E-state index contributed by atoms with van der Waals surface area (Å²) in [6, 6.07) is 15.9. The number of amides is 1. The van der Waals surface area contributed by atoms with Gasteiger partial charge in [0, 0.05) is 29.5 Å². The number of anilines is 1. The van der Waals surface area contributed by atoms with Crippen LogP contribution >= 0.6 is 0 Å². The van der Waals surface area contributed by atoms with Crippen molar-refractivity contribution in [1.82, 2.24) is 10.2 Å². The van der Waals surface area contributed by atoms with Crippen LogP contribution in [0.15, 0.2) is 53.3 Å². The van der Waals surface area contributed by atoms with E-state index in [0.717, 1.165) is 55.4 Å². The van der Waals surface area contributed by atoms with Gasteiger partial charge in [-0.15, -0.1) is 0 Å². The molecule has 0 atom stereocenters. The van der Waals surface area contributed by atoms with Gasteiger partial charge < -0.3 is 4.90 Å². The summed E-state index contributed by atoms with van der Waals surface area (Å²) < 4.78 is 0. The second-order valence-corrected chi connectivity index (χ2v) is 7.90. The van der Waals surface area contributed by atoms with Crippen LogP contribution in [0.2, 0.25) is 0 Å². The molecule has 5 rings (SSSR count). The number of aromatic amines is 1. The zero-order valence-electron chi connectivity index (χ0n) is 15.7. The van der Waals surface area contributed by atoms with Gasteiger partial charge in [0.2, 0.25) is 5.91 Å². The minimum atomic E-state index is -0.143. The lowest BCUT2D eigenvalue weighted by Crippen LogP contribution is -2.36. The highest BCUT2D eigenvalue weighted by atomic mass is 16.2. The molecule has 1 aliphatic heterocycles. The number of hydrogen-bond donors (Lipinski definition) is 1. The summed E-state index contributed by atoms with van der Waals surface area (Å²) in [6.45, 7) is 0.796. The van der Waals surface area contributed by atoms with Crippen molar-refractivity contribution in [2.24, 2.45) is 5.92 Å². The zero-order chi connectivity index (χ0) is 19.1. The number of benzene rings is 2. The van der Waals surface area contributed by atoms with Gasteiger partial charge in [0.05, 0.1) is 11.1 Å². The van der Waals surface area contributed by atoms with Gasteiger partial charge >= 0.3 is 0 Å².